The molecular weight excluding hydrogens is 178 g/mol. The van der Waals surface area contributed by atoms with Crippen LogP contribution in [-0.4, -0.2) is 0 Å². The van der Waals surface area contributed by atoms with Crippen molar-refractivity contribution in [3.63, 3.8) is 0 Å². The first kappa shape index (κ1) is 10.3. The van der Waals surface area contributed by atoms with Crippen LogP contribution in [0, 0.1) is 0 Å². The van der Waals surface area contributed by atoms with E-state index in [1.165, 1.54) is 0 Å². The lowest BCUT2D eigenvalue weighted by atomic mass is 10.2. The van der Waals surface area contributed by atoms with E-state index >= 15 is 0 Å². The van der Waals surface area contributed by atoms with Gasteiger partial charge in [0, 0.05) is 5.39 Å². The average molecular weight is 191 g/mol. The van der Waals surface area contributed by atoms with Crippen molar-refractivity contribution in [1.82, 2.24) is 0 Å². The molecule has 1 aromatic carbocycles. The Morgan fingerprint density at radius 2 is 1.86 bits per heavy atom. The fourth-order valence-corrected chi connectivity index (χ4v) is 1.08. The fraction of sp³-hybridized carbons (Fsp3) is 0.182. The summed E-state index contributed by atoms with van der Waals surface area (Å²) in [6, 6.07) is 8.86. The summed E-state index contributed by atoms with van der Waals surface area (Å²) in [4.78, 5) is 10.9. The van der Waals surface area contributed by atoms with E-state index in [9.17, 15) is 4.79 Å². The molecule has 0 amide bonds. The Balaban J connectivity index is 0.000000461. The van der Waals surface area contributed by atoms with Crippen LogP contribution in [0.5, 0.6) is 0 Å². The number of rotatable bonds is 0. The van der Waals surface area contributed by atoms with Crippen LogP contribution in [0.4, 0.5) is 5.69 Å². The summed E-state index contributed by atoms with van der Waals surface area (Å²) < 4.78 is 4.91. The third kappa shape index (κ3) is 1.93. The number of anilines is 1. The standard InChI is InChI=1S/C9H7NO2.C2H6/c10-7-5-6-3-1-2-4-8(6)12-9(7)11;1-2/h1-5H,10H2;1-2H3. The largest absolute Gasteiger partial charge is 0.421 e. The Morgan fingerprint density at radius 1 is 1.21 bits per heavy atom. The maximum Gasteiger partial charge on any atom is 0.359 e. The van der Waals surface area contributed by atoms with E-state index in [4.69, 9.17) is 10.2 Å². The van der Waals surface area contributed by atoms with E-state index < -0.39 is 5.63 Å². The molecule has 74 valence electrons. The summed E-state index contributed by atoms with van der Waals surface area (Å²) in [5.74, 6) is 0. The molecule has 1 heterocycles. The van der Waals surface area contributed by atoms with E-state index in [-0.39, 0.29) is 5.69 Å². The topological polar surface area (TPSA) is 56.2 Å². The first-order valence-corrected chi connectivity index (χ1v) is 4.56. The van der Waals surface area contributed by atoms with E-state index in [1.54, 1.807) is 12.1 Å². The third-order valence-electron chi connectivity index (χ3n) is 1.67. The molecule has 2 N–H and O–H groups in total. The lowest BCUT2D eigenvalue weighted by Crippen LogP contribution is -2.05. The Kier molecular flexibility index (Phi) is 3.29. The molecule has 0 aliphatic carbocycles. The minimum Gasteiger partial charge on any atom is -0.421 e. The number of benzene rings is 1. The molecule has 14 heavy (non-hydrogen) atoms. The van der Waals surface area contributed by atoms with Gasteiger partial charge < -0.3 is 10.2 Å². The van der Waals surface area contributed by atoms with Crippen LogP contribution in [0.3, 0.4) is 0 Å². The van der Waals surface area contributed by atoms with Crippen molar-refractivity contribution in [3.8, 4) is 0 Å². The number of hydrogen-bond donors (Lipinski definition) is 1. The van der Waals surface area contributed by atoms with Crippen molar-refractivity contribution in [2.45, 2.75) is 13.8 Å². The van der Waals surface area contributed by atoms with Crippen molar-refractivity contribution in [2.24, 2.45) is 0 Å². The van der Waals surface area contributed by atoms with Crippen molar-refractivity contribution in [2.75, 3.05) is 5.73 Å². The van der Waals surface area contributed by atoms with E-state index in [1.807, 2.05) is 32.0 Å². The fourth-order valence-electron chi connectivity index (χ4n) is 1.08. The zero-order valence-corrected chi connectivity index (χ0v) is 8.28. The summed E-state index contributed by atoms with van der Waals surface area (Å²) in [5, 5.41) is 0.842. The summed E-state index contributed by atoms with van der Waals surface area (Å²) >= 11 is 0. The number of fused-ring (bicyclic) bond motifs is 1. The number of nitrogens with two attached hydrogens (primary N) is 1. The van der Waals surface area contributed by atoms with E-state index in [2.05, 4.69) is 0 Å². The van der Waals surface area contributed by atoms with Crippen molar-refractivity contribution >= 4 is 16.7 Å². The highest BCUT2D eigenvalue weighted by Gasteiger charge is 1.98. The molecule has 3 nitrogen and oxygen atoms in total. The molecule has 0 radical (unpaired) electrons. The molecular formula is C11H13NO2. The maximum atomic E-state index is 10.9. The molecule has 2 rings (SSSR count). The van der Waals surface area contributed by atoms with Crippen molar-refractivity contribution < 1.29 is 4.42 Å². The SMILES string of the molecule is CC.Nc1cc2ccccc2oc1=O. The lowest BCUT2D eigenvalue weighted by molar-refractivity contribution is 0.564. The summed E-state index contributed by atoms with van der Waals surface area (Å²) in [5.41, 5.74) is 5.61. The van der Waals surface area contributed by atoms with Gasteiger partial charge in [-0.1, -0.05) is 32.0 Å². The Hall–Kier alpha value is -1.77. The Morgan fingerprint density at radius 3 is 2.57 bits per heavy atom. The van der Waals surface area contributed by atoms with Gasteiger partial charge in [0.2, 0.25) is 0 Å². The smallest absolute Gasteiger partial charge is 0.359 e. The highest BCUT2D eigenvalue weighted by Crippen LogP contribution is 2.12. The number of nitrogen functional groups attached to an aromatic ring is 1. The van der Waals surface area contributed by atoms with Crippen molar-refractivity contribution in [3.05, 3.63) is 40.8 Å². The van der Waals surface area contributed by atoms with Crippen LogP contribution in [0.25, 0.3) is 11.0 Å². The predicted molar refractivity (Wildman–Crippen MR) is 58.2 cm³/mol. The molecule has 0 atom stereocenters. The highest BCUT2D eigenvalue weighted by atomic mass is 16.4. The van der Waals surface area contributed by atoms with Gasteiger partial charge in [0.1, 0.15) is 11.3 Å². The Labute approximate surface area is 82.2 Å². The van der Waals surface area contributed by atoms with Gasteiger partial charge in [-0.25, -0.2) is 4.79 Å². The molecule has 1 aromatic heterocycles. The first-order valence-electron chi connectivity index (χ1n) is 4.56. The molecule has 0 aliphatic rings. The minimum atomic E-state index is -0.478. The van der Waals surface area contributed by atoms with Gasteiger partial charge in [-0.3, -0.25) is 0 Å². The second-order valence-electron chi connectivity index (χ2n) is 2.53. The van der Waals surface area contributed by atoms with Crippen LogP contribution >= 0.6 is 0 Å². The maximum absolute atomic E-state index is 10.9. The lowest BCUT2D eigenvalue weighted by Gasteiger charge is -1.95. The number of para-hydroxylation sites is 1. The first-order chi connectivity index (χ1) is 6.77. The molecule has 3 heteroatoms. The van der Waals surface area contributed by atoms with Gasteiger partial charge in [0.05, 0.1) is 0 Å². The zero-order chi connectivity index (χ0) is 10.6. The van der Waals surface area contributed by atoms with Gasteiger partial charge in [-0.05, 0) is 12.1 Å². The molecule has 0 saturated heterocycles. The van der Waals surface area contributed by atoms with Crippen LogP contribution < -0.4 is 11.4 Å². The second kappa shape index (κ2) is 4.46. The zero-order valence-electron chi connectivity index (χ0n) is 8.28. The quantitative estimate of drug-likeness (QED) is 0.650. The molecule has 0 unspecified atom stereocenters. The molecule has 2 aromatic rings. The third-order valence-corrected chi connectivity index (χ3v) is 1.67. The summed E-state index contributed by atoms with van der Waals surface area (Å²) in [7, 11) is 0. The predicted octanol–water partition coefficient (Wildman–Crippen LogP) is 2.40. The van der Waals surface area contributed by atoms with E-state index in [0.717, 1.165) is 5.39 Å². The average Bonchev–Trinajstić information content (AvgIpc) is 2.23. The second-order valence-corrected chi connectivity index (χ2v) is 2.53. The van der Waals surface area contributed by atoms with Gasteiger partial charge >= 0.3 is 5.63 Å². The van der Waals surface area contributed by atoms with Gasteiger partial charge in [0.25, 0.3) is 0 Å². The van der Waals surface area contributed by atoms with Crippen LogP contribution in [0.2, 0.25) is 0 Å². The number of hydrogen-bond acceptors (Lipinski definition) is 3. The van der Waals surface area contributed by atoms with Gasteiger partial charge in [-0.15, -0.1) is 0 Å². The monoisotopic (exact) mass is 191 g/mol. The van der Waals surface area contributed by atoms with Gasteiger partial charge in [-0.2, -0.15) is 0 Å². The van der Waals surface area contributed by atoms with E-state index in [0.29, 0.717) is 5.58 Å². The van der Waals surface area contributed by atoms with Crippen molar-refractivity contribution in [1.29, 1.82) is 0 Å². The normalized spacial score (nSPS) is 9.29. The van der Waals surface area contributed by atoms with Gasteiger partial charge in [0.15, 0.2) is 0 Å². The van der Waals surface area contributed by atoms with Crippen LogP contribution in [-0.2, 0) is 0 Å². The molecule has 0 bridgehead atoms. The molecule has 0 spiro atoms. The summed E-state index contributed by atoms with van der Waals surface area (Å²) in [6.07, 6.45) is 0. The summed E-state index contributed by atoms with van der Waals surface area (Å²) in [6.45, 7) is 4.00. The molecule has 0 saturated carbocycles. The molecule has 0 fully saturated rings. The highest BCUT2D eigenvalue weighted by molar-refractivity contribution is 5.78. The van der Waals surface area contributed by atoms with Crippen LogP contribution in [0.15, 0.2) is 39.5 Å². The van der Waals surface area contributed by atoms with Crippen LogP contribution in [0.1, 0.15) is 13.8 Å². The Bertz CT molecular complexity index is 474. The molecule has 0 aliphatic heterocycles. The minimum absolute atomic E-state index is 0.147.